The van der Waals surface area contributed by atoms with Gasteiger partial charge < -0.3 is 15.3 Å². The molecule has 58 heavy (non-hydrogen) atoms. The second-order valence-corrected chi connectivity index (χ2v) is 17.6. The highest BCUT2D eigenvalue weighted by atomic mass is 16.4. The van der Waals surface area contributed by atoms with Crippen LogP contribution in [0.4, 0.5) is 0 Å². The van der Waals surface area contributed by atoms with Crippen LogP contribution in [0, 0.1) is 0 Å². The number of hydrogen-bond donors (Lipinski definition) is 3. The van der Waals surface area contributed by atoms with Crippen molar-refractivity contribution in [3.63, 3.8) is 0 Å². The molecule has 0 saturated heterocycles. The molecule has 0 heterocycles. The Morgan fingerprint density at radius 3 is 0.414 bits per heavy atom. The van der Waals surface area contributed by atoms with Crippen LogP contribution in [0.2, 0.25) is 0 Å². The minimum atomic E-state index is -0.657. The Hall–Kier alpha value is -1.59. The maximum absolute atomic E-state index is 10.4. The molecule has 0 amide bonds. The van der Waals surface area contributed by atoms with Crippen molar-refractivity contribution in [2.75, 3.05) is 0 Å². The molecule has 0 fully saturated rings. The Kier molecular flexibility index (Phi) is 60.2. The second kappa shape index (κ2) is 57.5. The van der Waals surface area contributed by atoms with Gasteiger partial charge in [0.05, 0.1) is 0 Å². The number of rotatable bonds is 46. The Balaban J connectivity index is -0.000000792. The summed E-state index contributed by atoms with van der Waals surface area (Å²) in [4.78, 5) is 31.0. The van der Waals surface area contributed by atoms with Crippen molar-refractivity contribution in [1.29, 1.82) is 0 Å². The number of aliphatic carboxylic acids is 3. The second-order valence-electron chi connectivity index (χ2n) is 17.6. The maximum atomic E-state index is 10.4. The monoisotopic (exact) mass is 825 g/mol. The molecule has 0 atom stereocenters. The van der Waals surface area contributed by atoms with E-state index in [2.05, 4.69) is 20.8 Å². The van der Waals surface area contributed by atoms with Crippen LogP contribution in [0.25, 0.3) is 0 Å². The topological polar surface area (TPSA) is 112 Å². The van der Waals surface area contributed by atoms with Gasteiger partial charge in [-0.1, -0.05) is 278 Å². The Labute approximate surface area is 362 Å². The van der Waals surface area contributed by atoms with Crippen LogP contribution in [-0.2, 0) is 14.4 Å². The van der Waals surface area contributed by atoms with Gasteiger partial charge in [0.2, 0.25) is 0 Å². The Morgan fingerprint density at radius 1 is 0.207 bits per heavy atom. The molecule has 0 spiro atoms. The Morgan fingerprint density at radius 2 is 0.310 bits per heavy atom. The molecule has 0 aliphatic heterocycles. The lowest BCUT2D eigenvalue weighted by atomic mass is 10.0. The highest BCUT2D eigenvalue weighted by Crippen LogP contribution is 2.16. The average molecular weight is 825 g/mol. The normalized spacial score (nSPS) is 10.8. The molecule has 0 aliphatic carbocycles. The third kappa shape index (κ3) is 69.1. The van der Waals surface area contributed by atoms with Crippen LogP contribution in [0.5, 0.6) is 0 Å². The van der Waals surface area contributed by atoms with E-state index in [0.717, 1.165) is 38.5 Å². The summed E-state index contributed by atoms with van der Waals surface area (Å²) in [6, 6.07) is 0. The quantitative estimate of drug-likeness (QED) is 0.0527. The molecule has 0 aromatic carbocycles. The van der Waals surface area contributed by atoms with Gasteiger partial charge in [-0.15, -0.1) is 0 Å². The minimum Gasteiger partial charge on any atom is -0.481 e. The minimum absolute atomic E-state index is 0.344. The van der Waals surface area contributed by atoms with Crippen molar-refractivity contribution < 1.29 is 29.7 Å². The highest BCUT2D eigenvalue weighted by Gasteiger charge is 2.00. The van der Waals surface area contributed by atoms with E-state index < -0.39 is 17.9 Å². The van der Waals surface area contributed by atoms with E-state index in [9.17, 15) is 14.4 Å². The molecule has 0 aromatic rings. The molecule has 0 unspecified atom stereocenters. The van der Waals surface area contributed by atoms with Gasteiger partial charge in [-0.2, -0.15) is 0 Å². The average Bonchev–Trinajstić information content (AvgIpc) is 3.20. The maximum Gasteiger partial charge on any atom is 0.303 e. The first-order chi connectivity index (χ1) is 28.3. The van der Waals surface area contributed by atoms with E-state index in [1.807, 2.05) is 0 Å². The molecule has 3 N–H and O–H groups in total. The van der Waals surface area contributed by atoms with Crippen molar-refractivity contribution >= 4 is 17.9 Å². The summed E-state index contributed by atoms with van der Waals surface area (Å²) in [7, 11) is 0. The molecule has 0 bridgehead atoms. The van der Waals surface area contributed by atoms with E-state index in [1.165, 1.54) is 238 Å². The van der Waals surface area contributed by atoms with Crippen LogP contribution in [-0.4, -0.2) is 33.2 Å². The number of carboxylic acid groups (broad SMARTS) is 3. The third-order valence-corrected chi connectivity index (χ3v) is 11.5. The summed E-state index contributed by atoms with van der Waals surface area (Å²) in [5, 5.41) is 25.5. The van der Waals surface area contributed by atoms with Gasteiger partial charge >= 0.3 is 17.9 Å². The number of carbonyl (C=O) groups is 3. The van der Waals surface area contributed by atoms with Crippen LogP contribution in [0.3, 0.4) is 0 Å². The first kappa shape index (κ1) is 60.7. The molecular weight excluding hydrogens is 721 g/mol. The van der Waals surface area contributed by atoms with Gasteiger partial charge in [0.15, 0.2) is 0 Å². The highest BCUT2D eigenvalue weighted by molar-refractivity contribution is 5.67. The summed E-state index contributed by atoms with van der Waals surface area (Å²) in [6.45, 7) is 6.79. The van der Waals surface area contributed by atoms with Crippen LogP contribution < -0.4 is 0 Å². The van der Waals surface area contributed by atoms with Crippen LogP contribution in [0.15, 0.2) is 0 Å². The summed E-state index contributed by atoms with van der Waals surface area (Å²) in [5.74, 6) is -1.96. The lowest BCUT2D eigenvalue weighted by Gasteiger charge is -2.03. The predicted octanol–water partition coefficient (Wildman–Crippen LogP) is 18.2. The van der Waals surface area contributed by atoms with E-state index in [4.69, 9.17) is 15.3 Å². The lowest BCUT2D eigenvalue weighted by Crippen LogP contribution is -1.93. The number of carboxylic acids is 3. The van der Waals surface area contributed by atoms with Crippen molar-refractivity contribution in [3.05, 3.63) is 0 Å². The first-order valence-corrected chi connectivity index (χ1v) is 26.0. The van der Waals surface area contributed by atoms with Crippen molar-refractivity contribution in [2.24, 2.45) is 0 Å². The zero-order chi connectivity index (χ0) is 43.3. The lowest BCUT2D eigenvalue weighted by molar-refractivity contribution is -0.138. The summed E-state index contributed by atoms with van der Waals surface area (Å²) >= 11 is 0. The first-order valence-electron chi connectivity index (χ1n) is 26.0. The summed E-state index contributed by atoms with van der Waals surface area (Å²) in [6.07, 6.45) is 57.7. The smallest absolute Gasteiger partial charge is 0.303 e. The molecule has 0 aromatic heterocycles. The van der Waals surface area contributed by atoms with Gasteiger partial charge in [-0.05, 0) is 19.3 Å². The van der Waals surface area contributed by atoms with Gasteiger partial charge in [-0.25, -0.2) is 0 Å². The third-order valence-electron chi connectivity index (χ3n) is 11.5. The van der Waals surface area contributed by atoms with E-state index in [0.29, 0.717) is 19.3 Å². The molecule has 6 heteroatoms. The van der Waals surface area contributed by atoms with Crippen molar-refractivity contribution in [1.82, 2.24) is 0 Å². The van der Waals surface area contributed by atoms with Gasteiger partial charge in [0.1, 0.15) is 0 Å². The summed E-state index contributed by atoms with van der Waals surface area (Å²) in [5.41, 5.74) is 0. The molecule has 6 nitrogen and oxygen atoms in total. The van der Waals surface area contributed by atoms with Crippen molar-refractivity contribution in [3.8, 4) is 0 Å². The fourth-order valence-corrected chi connectivity index (χ4v) is 7.59. The fourth-order valence-electron chi connectivity index (χ4n) is 7.59. The van der Waals surface area contributed by atoms with Gasteiger partial charge in [-0.3, -0.25) is 14.4 Å². The number of unbranched alkanes of at least 4 members (excludes halogenated alkanes) is 40. The molecule has 0 radical (unpaired) electrons. The molecule has 0 rings (SSSR count). The molecule has 0 aliphatic rings. The van der Waals surface area contributed by atoms with E-state index >= 15 is 0 Å². The molecule has 348 valence electrons. The molecule has 0 saturated carbocycles. The SMILES string of the molecule is CCCCCCCCCCCCCC(=O)O.CCCCCCCCCCCCCCCCCC(=O)O.CCCCCCCCCCCCCCCCCCCC(=O)O. The van der Waals surface area contributed by atoms with E-state index in [-0.39, 0.29) is 0 Å². The zero-order valence-electron chi connectivity index (χ0n) is 39.6. The summed E-state index contributed by atoms with van der Waals surface area (Å²) < 4.78 is 0. The largest absolute Gasteiger partial charge is 0.481 e. The van der Waals surface area contributed by atoms with E-state index in [1.54, 1.807) is 0 Å². The van der Waals surface area contributed by atoms with Crippen LogP contribution >= 0.6 is 0 Å². The van der Waals surface area contributed by atoms with Gasteiger partial charge in [0.25, 0.3) is 0 Å². The zero-order valence-corrected chi connectivity index (χ0v) is 39.6. The fraction of sp³-hybridized carbons (Fsp3) is 0.942. The molecular formula is C52H104O6. The van der Waals surface area contributed by atoms with Crippen molar-refractivity contribution in [2.45, 2.75) is 316 Å². The Bertz CT molecular complexity index is 784. The predicted molar refractivity (Wildman–Crippen MR) is 252 cm³/mol. The number of hydrogen-bond acceptors (Lipinski definition) is 3. The van der Waals surface area contributed by atoms with Gasteiger partial charge in [0, 0.05) is 19.3 Å². The van der Waals surface area contributed by atoms with Crippen LogP contribution in [0.1, 0.15) is 316 Å². The standard InChI is InChI=1S/C20H40O2.C18H36O2.C14H28O2/c1-2-3-4-5-6-7-8-9-10-11-12-13-14-15-16-17-18-19-20(21)22;1-2-3-4-5-6-7-8-9-10-11-12-13-14-15-16-17-18(19)20;1-2-3-4-5-6-7-8-9-10-11-12-13-14(15)16/h2-19H2,1H3,(H,21,22);2-17H2,1H3,(H,19,20);2-13H2,1H3,(H,15,16).